The van der Waals surface area contributed by atoms with Gasteiger partial charge in [0.15, 0.2) is 22.1 Å². The van der Waals surface area contributed by atoms with Crippen molar-refractivity contribution in [3.8, 4) is 5.75 Å². The molecule has 10 heteroatoms. The molecular weight excluding hydrogens is 491 g/mol. The van der Waals surface area contributed by atoms with Crippen molar-refractivity contribution in [2.75, 3.05) is 45.7 Å². The lowest BCUT2D eigenvalue weighted by Crippen LogP contribution is -2.38. The summed E-state index contributed by atoms with van der Waals surface area (Å²) in [5, 5.41) is 0.849. The van der Waals surface area contributed by atoms with E-state index < -0.39 is 0 Å². The fourth-order valence-electron chi connectivity index (χ4n) is 3.07. The van der Waals surface area contributed by atoms with Gasteiger partial charge in [0.2, 0.25) is 0 Å². The molecule has 0 radical (unpaired) electrons. The zero-order chi connectivity index (χ0) is 19.5. The predicted molar refractivity (Wildman–Crippen MR) is 117 cm³/mol. The maximum atomic E-state index is 6.06. The fraction of sp³-hybridized carbons (Fsp3) is 0.389. The molecule has 1 aliphatic rings. The number of benzene rings is 1. The van der Waals surface area contributed by atoms with Crippen molar-refractivity contribution in [3.63, 3.8) is 0 Å². The molecular formula is C18H21IN6O2S. The van der Waals surface area contributed by atoms with Gasteiger partial charge in [0.25, 0.3) is 0 Å². The molecule has 1 aromatic carbocycles. The van der Waals surface area contributed by atoms with E-state index in [9.17, 15) is 0 Å². The van der Waals surface area contributed by atoms with Crippen LogP contribution in [-0.4, -0.2) is 64.4 Å². The average Bonchev–Trinajstić information content (AvgIpc) is 3.07. The van der Waals surface area contributed by atoms with E-state index in [0.717, 1.165) is 64.4 Å². The Hall–Kier alpha value is -1.63. The van der Waals surface area contributed by atoms with Gasteiger partial charge in [0.05, 0.1) is 20.3 Å². The van der Waals surface area contributed by atoms with Gasteiger partial charge < -0.3 is 19.8 Å². The van der Waals surface area contributed by atoms with Crippen molar-refractivity contribution in [1.82, 2.24) is 24.4 Å². The Morgan fingerprint density at radius 2 is 2.07 bits per heavy atom. The third-order valence-electron chi connectivity index (χ3n) is 4.61. The van der Waals surface area contributed by atoms with E-state index in [1.807, 2.05) is 18.2 Å². The summed E-state index contributed by atoms with van der Waals surface area (Å²) in [6.07, 6.45) is 1.49. The molecule has 3 heterocycles. The molecule has 1 aliphatic heterocycles. The summed E-state index contributed by atoms with van der Waals surface area (Å²) in [7, 11) is 1.67. The lowest BCUT2D eigenvalue weighted by atomic mass is 10.3. The van der Waals surface area contributed by atoms with Crippen LogP contribution in [0, 0.1) is 3.57 Å². The van der Waals surface area contributed by atoms with Gasteiger partial charge in [-0.25, -0.2) is 15.0 Å². The summed E-state index contributed by atoms with van der Waals surface area (Å²) in [4.78, 5) is 16.8. The molecule has 0 amide bonds. The Kier molecular flexibility index (Phi) is 6.19. The van der Waals surface area contributed by atoms with Crippen LogP contribution in [0.2, 0.25) is 0 Å². The number of imidazole rings is 1. The standard InChI is InChI=1S/C18H21IN6O2S/c1-26-12-2-3-13(19)14(10-12)28-18-23-15-16(20)21-11-22-17(15)25(18)5-4-24-6-8-27-9-7-24/h2-3,10-11H,4-9H2,1H3,(H2,20,21,22). The molecule has 2 aromatic heterocycles. The lowest BCUT2D eigenvalue weighted by molar-refractivity contribution is 0.0362. The van der Waals surface area contributed by atoms with E-state index in [2.05, 4.69) is 42.0 Å². The quantitative estimate of drug-likeness (QED) is 0.504. The van der Waals surface area contributed by atoms with E-state index in [1.165, 1.54) is 6.33 Å². The predicted octanol–water partition coefficient (Wildman–Crippen LogP) is 2.51. The minimum absolute atomic E-state index is 0.400. The molecule has 1 fully saturated rings. The van der Waals surface area contributed by atoms with Gasteiger partial charge >= 0.3 is 0 Å². The highest BCUT2D eigenvalue weighted by atomic mass is 127. The van der Waals surface area contributed by atoms with Gasteiger partial charge in [-0.2, -0.15) is 0 Å². The van der Waals surface area contributed by atoms with Crippen LogP contribution in [0.1, 0.15) is 0 Å². The smallest absolute Gasteiger partial charge is 0.175 e. The summed E-state index contributed by atoms with van der Waals surface area (Å²) in [6.45, 7) is 5.13. The number of nitrogens with two attached hydrogens (primary N) is 1. The average molecular weight is 512 g/mol. The first-order chi connectivity index (χ1) is 13.7. The summed E-state index contributed by atoms with van der Waals surface area (Å²) in [5.41, 5.74) is 7.47. The minimum atomic E-state index is 0.400. The second-order valence-electron chi connectivity index (χ2n) is 6.33. The number of aromatic nitrogens is 4. The Morgan fingerprint density at radius 3 is 2.86 bits per heavy atom. The SMILES string of the molecule is COc1ccc(I)c(Sc2nc3c(N)ncnc3n2CCN2CCOCC2)c1. The van der Waals surface area contributed by atoms with Crippen molar-refractivity contribution in [2.24, 2.45) is 0 Å². The summed E-state index contributed by atoms with van der Waals surface area (Å²) in [6, 6.07) is 6.01. The van der Waals surface area contributed by atoms with Crippen LogP contribution in [0.5, 0.6) is 5.75 Å². The Balaban J connectivity index is 1.67. The third kappa shape index (κ3) is 4.19. The van der Waals surface area contributed by atoms with Gasteiger partial charge in [-0.05, 0) is 40.8 Å². The highest BCUT2D eigenvalue weighted by molar-refractivity contribution is 14.1. The number of fused-ring (bicyclic) bond motifs is 1. The highest BCUT2D eigenvalue weighted by Gasteiger charge is 2.18. The molecule has 0 unspecified atom stereocenters. The molecule has 4 rings (SSSR count). The number of morpholine rings is 1. The van der Waals surface area contributed by atoms with Crippen LogP contribution in [0.3, 0.4) is 0 Å². The number of hydrogen-bond acceptors (Lipinski definition) is 8. The number of anilines is 1. The Bertz CT molecular complexity index is 976. The zero-order valence-corrected chi connectivity index (χ0v) is 18.4. The van der Waals surface area contributed by atoms with E-state index in [4.69, 9.17) is 20.2 Å². The third-order valence-corrected chi connectivity index (χ3v) is 6.97. The van der Waals surface area contributed by atoms with Crippen molar-refractivity contribution in [2.45, 2.75) is 16.6 Å². The lowest BCUT2D eigenvalue weighted by Gasteiger charge is -2.26. The molecule has 0 saturated carbocycles. The van der Waals surface area contributed by atoms with E-state index in [-0.39, 0.29) is 0 Å². The maximum absolute atomic E-state index is 6.06. The number of rotatable bonds is 6. The molecule has 0 bridgehead atoms. The highest BCUT2D eigenvalue weighted by Crippen LogP contribution is 2.35. The first-order valence-electron chi connectivity index (χ1n) is 8.94. The molecule has 28 heavy (non-hydrogen) atoms. The van der Waals surface area contributed by atoms with Gasteiger partial charge in [0, 0.05) is 34.6 Å². The number of methoxy groups -OCH3 is 1. The normalized spacial score (nSPS) is 15.2. The van der Waals surface area contributed by atoms with Crippen LogP contribution in [-0.2, 0) is 11.3 Å². The van der Waals surface area contributed by atoms with E-state index in [1.54, 1.807) is 18.9 Å². The number of nitrogens with zero attached hydrogens (tertiary/aromatic N) is 5. The number of nitrogen functional groups attached to an aromatic ring is 1. The molecule has 8 nitrogen and oxygen atoms in total. The summed E-state index contributed by atoms with van der Waals surface area (Å²) >= 11 is 3.91. The largest absolute Gasteiger partial charge is 0.497 e. The molecule has 1 saturated heterocycles. The van der Waals surface area contributed by atoms with Crippen LogP contribution in [0.15, 0.2) is 34.6 Å². The maximum Gasteiger partial charge on any atom is 0.175 e. The van der Waals surface area contributed by atoms with Crippen LogP contribution in [0.4, 0.5) is 5.82 Å². The molecule has 148 valence electrons. The zero-order valence-electron chi connectivity index (χ0n) is 15.5. The second kappa shape index (κ2) is 8.80. The monoisotopic (exact) mass is 512 g/mol. The van der Waals surface area contributed by atoms with Gasteiger partial charge in [-0.15, -0.1) is 0 Å². The molecule has 0 spiro atoms. The van der Waals surface area contributed by atoms with Crippen molar-refractivity contribution in [3.05, 3.63) is 28.1 Å². The summed E-state index contributed by atoms with van der Waals surface area (Å²) in [5.74, 6) is 1.22. The minimum Gasteiger partial charge on any atom is -0.497 e. The molecule has 3 aromatic rings. The Morgan fingerprint density at radius 1 is 1.25 bits per heavy atom. The molecule has 0 atom stereocenters. The summed E-state index contributed by atoms with van der Waals surface area (Å²) < 4.78 is 14.1. The number of halogens is 1. The van der Waals surface area contributed by atoms with Gasteiger partial charge in [0.1, 0.15) is 12.1 Å². The van der Waals surface area contributed by atoms with Crippen molar-refractivity contribution >= 4 is 51.3 Å². The number of ether oxygens (including phenoxy) is 2. The molecule has 0 aliphatic carbocycles. The first-order valence-corrected chi connectivity index (χ1v) is 10.8. The van der Waals surface area contributed by atoms with Crippen molar-refractivity contribution in [1.29, 1.82) is 0 Å². The Labute approximate surface area is 181 Å². The molecule has 2 N–H and O–H groups in total. The van der Waals surface area contributed by atoms with Crippen LogP contribution in [0.25, 0.3) is 11.2 Å². The van der Waals surface area contributed by atoms with E-state index in [0.29, 0.717) is 11.3 Å². The fourth-order valence-corrected chi connectivity index (χ4v) is 4.69. The van der Waals surface area contributed by atoms with Gasteiger partial charge in [-0.3, -0.25) is 4.90 Å². The van der Waals surface area contributed by atoms with Crippen LogP contribution >= 0.6 is 34.4 Å². The topological polar surface area (TPSA) is 91.3 Å². The first kappa shape index (κ1) is 19.7. The second-order valence-corrected chi connectivity index (χ2v) is 8.50. The van der Waals surface area contributed by atoms with Gasteiger partial charge in [-0.1, -0.05) is 11.8 Å². The van der Waals surface area contributed by atoms with Crippen molar-refractivity contribution < 1.29 is 9.47 Å². The van der Waals surface area contributed by atoms with E-state index >= 15 is 0 Å². The number of hydrogen-bond donors (Lipinski definition) is 1. The van der Waals surface area contributed by atoms with Crippen LogP contribution < -0.4 is 10.5 Å².